The zero-order valence-electron chi connectivity index (χ0n) is 21.8. The van der Waals surface area contributed by atoms with E-state index in [1.54, 1.807) is 50.6 Å². The maximum Gasteiger partial charge on any atom is 0.416 e. The molecule has 1 amide bonds. The van der Waals surface area contributed by atoms with Crippen LogP contribution in [0.3, 0.4) is 0 Å². The number of nitrogens with one attached hydrogen (secondary N) is 2. The van der Waals surface area contributed by atoms with E-state index in [0.717, 1.165) is 28.8 Å². The lowest BCUT2D eigenvalue weighted by atomic mass is 10.00. The zero-order chi connectivity index (χ0) is 28.4. The van der Waals surface area contributed by atoms with E-state index >= 15 is 0 Å². The van der Waals surface area contributed by atoms with Gasteiger partial charge in [-0.25, -0.2) is 4.98 Å². The second kappa shape index (κ2) is 10.6. The van der Waals surface area contributed by atoms with Gasteiger partial charge in [0.1, 0.15) is 11.6 Å². The second-order valence-electron chi connectivity index (χ2n) is 9.28. The highest BCUT2D eigenvalue weighted by molar-refractivity contribution is 6.05. The van der Waals surface area contributed by atoms with E-state index in [0.29, 0.717) is 28.5 Å². The number of nitrogens with zero attached hydrogens (tertiary/aromatic N) is 3. The summed E-state index contributed by atoms with van der Waals surface area (Å²) in [5.74, 6) is 0.373. The van der Waals surface area contributed by atoms with Crippen LogP contribution in [-0.2, 0) is 6.18 Å². The molecular formula is C30H24F3N5O2. The number of carbonyl (C=O) groups is 1. The molecule has 0 aliphatic rings. The van der Waals surface area contributed by atoms with Crippen LogP contribution in [0.1, 0.15) is 32.9 Å². The average Bonchev–Trinajstić information content (AvgIpc) is 3.27. The van der Waals surface area contributed by atoms with Gasteiger partial charge in [0, 0.05) is 46.7 Å². The predicted octanol–water partition coefficient (Wildman–Crippen LogP) is 7.74. The molecule has 0 radical (unpaired) electrons. The van der Waals surface area contributed by atoms with Crippen molar-refractivity contribution in [1.82, 2.24) is 15.1 Å². The quantitative estimate of drug-likeness (QED) is 0.228. The molecule has 10 heteroatoms. The Morgan fingerprint density at radius 1 is 0.900 bits per heavy atom. The molecule has 0 unspecified atom stereocenters. The van der Waals surface area contributed by atoms with Gasteiger partial charge >= 0.3 is 6.18 Å². The summed E-state index contributed by atoms with van der Waals surface area (Å²) in [5.41, 5.74) is 3.82. The van der Waals surface area contributed by atoms with Gasteiger partial charge in [-0.1, -0.05) is 17.3 Å². The SMILES string of the molecule is Cc1ccc(C(=O)Nc2cc(-c3c(C)noc3C)cc(C(F)(F)F)c2)cc1Nc1cc(-c2cccnc2)ccn1. The molecule has 3 heterocycles. The summed E-state index contributed by atoms with van der Waals surface area (Å²) < 4.78 is 46.3. The van der Waals surface area contributed by atoms with E-state index in [-0.39, 0.29) is 16.8 Å². The summed E-state index contributed by atoms with van der Waals surface area (Å²) in [7, 11) is 0. The molecule has 0 spiro atoms. The van der Waals surface area contributed by atoms with E-state index in [2.05, 4.69) is 25.8 Å². The first-order valence-electron chi connectivity index (χ1n) is 12.3. The summed E-state index contributed by atoms with van der Waals surface area (Å²) in [6.45, 7) is 5.14. The third-order valence-electron chi connectivity index (χ3n) is 6.36. The summed E-state index contributed by atoms with van der Waals surface area (Å²) in [6.07, 6.45) is 0.494. The van der Waals surface area contributed by atoms with Crippen molar-refractivity contribution in [3.05, 3.63) is 107 Å². The average molecular weight is 544 g/mol. The summed E-state index contributed by atoms with van der Waals surface area (Å²) in [4.78, 5) is 21.7. The maximum absolute atomic E-state index is 13.7. The van der Waals surface area contributed by atoms with Gasteiger partial charge in [0.25, 0.3) is 5.91 Å². The van der Waals surface area contributed by atoms with Crippen LogP contribution >= 0.6 is 0 Å². The molecule has 0 fully saturated rings. The van der Waals surface area contributed by atoms with Gasteiger partial charge in [-0.15, -0.1) is 0 Å². The molecule has 0 aliphatic carbocycles. The van der Waals surface area contributed by atoms with Crippen molar-refractivity contribution < 1.29 is 22.5 Å². The molecule has 3 aromatic heterocycles. The van der Waals surface area contributed by atoms with Crippen molar-refractivity contribution in [3.8, 4) is 22.3 Å². The molecule has 2 N–H and O–H groups in total. The van der Waals surface area contributed by atoms with Crippen molar-refractivity contribution >= 4 is 23.1 Å². The number of anilines is 3. The fourth-order valence-electron chi connectivity index (χ4n) is 4.35. The Kier molecular flexibility index (Phi) is 7.08. The number of alkyl halides is 3. The van der Waals surface area contributed by atoms with Gasteiger partial charge in [0.15, 0.2) is 0 Å². The monoisotopic (exact) mass is 543 g/mol. The fraction of sp³-hybridized carbons (Fsp3) is 0.133. The minimum absolute atomic E-state index is 0.00394. The number of pyridine rings is 2. The van der Waals surface area contributed by atoms with Gasteiger partial charge in [-0.3, -0.25) is 9.78 Å². The third kappa shape index (κ3) is 5.70. The van der Waals surface area contributed by atoms with Crippen LogP contribution in [0.5, 0.6) is 0 Å². The largest absolute Gasteiger partial charge is 0.416 e. The molecule has 202 valence electrons. The Hall–Kier alpha value is -4.99. The Bertz CT molecular complexity index is 1680. The van der Waals surface area contributed by atoms with Gasteiger partial charge in [-0.05, 0) is 86.0 Å². The number of aromatic nitrogens is 3. The second-order valence-corrected chi connectivity index (χ2v) is 9.28. The molecule has 0 saturated carbocycles. The van der Waals surface area contributed by atoms with E-state index < -0.39 is 17.6 Å². The highest BCUT2D eigenvalue weighted by Crippen LogP contribution is 2.37. The normalized spacial score (nSPS) is 11.3. The minimum Gasteiger partial charge on any atom is -0.361 e. The van der Waals surface area contributed by atoms with Crippen LogP contribution in [0.15, 0.2) is 83.8 Å². The first-order valence-corrected chi connectivity index (χ1v) is 12.3. The minimum atomic E-state index is -4.62. The van der Waals surface area contributed by atoms with Crippen LogP contribution in [-0.4, -0.2) is 21.0 Å². The van der Waals surface area contributed by atoms with Crippen LogP contribution in [0.2, 0.25) is 0 Å². The molecule has 2 aromatic carbocycles. The van der Waals surface area contributed by atoms with Crippen molar-refractivity contribution in [2.75, 3.05) is 10.6 Å². The first-order chi connectivity index (χ1) is 19.1. The Morgan fingerprint density at radius 2 is 1.73 bits per heavy atom. The number of rotatable bonds is 6. The van der Waals surface area contributed by atoms with Crippen molar-refractivity contribution in [3.63, 3.8) is 0 Å². The lowest BCUT2D eigenvalue weighted by Gasteiger charge is -2.14. The maximum atomic E-state index is 13.7. The van der Waals surface area contributed by atoms with Crippen LogP contribution in [0.4, 0.5) is 30.4 Å². The fourth-order valence-corrected chi connectivity index (χ4v) is 4.35. The predicted molar refractivity (Wildman–Crippen MR) is 146 cm³/mol. The van der Waals surface area contributed by atoms with Crippen molar-refractivity contribution in [1.29, 1.82) is 0 Å². The Labute approximate surface area is 228 Å². The molecule has 0 atom stereocenters. The zero-order valence-corrected chi connectivity index (χ0v) is 21.8. The van der Waals surface area contributed by atoms with E-state index in [1.807, 2.05) is 31.2 Å². The molecule has 0 bridgehead atoms. The molecule has 5 aromatic rings. The number of hydrogen-bond donors (Lipinski definition) is 2. The van der Waals surface area contributed by atoms with Crippen molar-refractivity contribution in [2.45, 2.75) is 26.9 Å². The molecule has 5 rings (SSSR count). The molecule has 0 saturated heterocycles. The highest BCUT2D eigenvalue weighted by Gasteiger charge is 2.32. The lowest BCUT2D eigenvalue weighted by molar-refractivity contribution is -0.137. The summed E-state index contributed by atoms with van der Waals surface area (Å²) in [5, 5.41) is 9.68. The van der Waals surface area contributed by atoms with Crippen LogP contribution < -0.4 is 10.6 Å². The summed E-state index contributed by atoms with van der Waals surface area (Å²) >= 11 is 0. The van der Waals surface area contributed by atoms with Gasteiger partial charge in [0.2, 0.25) is 0 Å². The third-order valence-corrected chi connectivity index (χ3v) is 6.36. The topological polar surface area (TPSA) is 92.9 Å². The molecular weight excluding hydrogens is 519 g/mol. The van der Waals surface area contributed by atoms with Gasteiger partial charge in [0.05, 0.1) is 11.3 Å². The Morgan fingerprint density at radius 3 is 2.42 bits per heavy atom. The molecule has 40 heavy (non-hydrogen) atoms. The first kappa shape index (κ1) is 26.6. The Balaban J connectivity index is 1.43. The number of benzene rings is 2. The summed E-state index contributed by atoms with van der Waals surface area (Å²) in [6, 6.07) is 15.9. The van der Waals surface area contributed by atoms with Crippen LogP contribution in [0, 0.1) is 20.8 Å². The van der Waals surface area contributed by atoms with Crippen LogP contribution in [0.25, 0.3) is 22.3 Å². The highest BCUT2D eigenvalue weighted by atomic mass is 19.4. The van der Waals surface area contributed by atoms with Gasteiger partial charge in [-0.2, -0.15) is 13.2 Å². The van der Waals surface area contributed by atoms with Crippen molar-refractivity contribution in [2.24, 2.45) is 0 Å². The number of aryl methyl sites for hydroxylation is 3. The number of carbonyl (C=O) groups excluding carboxylic acids is 1. The smallest absolute Gasteiger partial charge is 0.361 e. The number of amides is 1. The molecule has 0 aliphatic heterocycles. The van der Waals surface area contributed by atoms with Gasteiger partial charge < -0.3 is 15.2 Å². The van der Waals surface area contributed by atoms with E-state index in [1.165, 1.54) is 6.07 Å². The standard InChI is InChI=1S/C30H24F3N5O2/c1-17-6-7-21(13-26(17)37-27-14-20(8-10-35-27)22-5-4-9-34-16-22)29(39)36-25-12-23(11-24(15-25)30(31,32)33)28-18(2)38-40-19(28)3/h4-16H,1-3H3,(H,35,37)(H,36,39). The number of hydrogen-bond acceptors (Lipinski definition) is 6. The van der Waals surface area contributed by atoms with E-state index in [9.17, 15) is 18.0 Å². The van der Waals surface area contributed by atoms with E-state index in [4.69, 9.17) is 4.52 Å². The number of halogens is 3. The molecule has 7 nitrogen and oxygen atoms in total. The lowest BCUT2D eigenvalue weighted by Crippen LogP contribution is -2.14.